The van der Waals surface area contributed by atoms with Gasteiger partial charge in [-0.1, -0.05) is 12.1 Å². The molecule has 0 aromatic heterocycles. The van der Waals surface area contributed by atoms with E-state index in [1.165, 1.54) is 4.90 Å². The van der Waals surface area contributed by atoms with Crippen LogP contribution < -0.4 is 10.6 Å². The predicted molar refractivity (Wildman–Crippen MR) is 51.5 cm³/mol. The summed E-state index contributed by atoms with van der Waals surface area (Å²) >= 11 is 0. The molecule has 0 atom stereocenters. The number of nitriles is 1. The van der Waals surface area contributed by atoms with Crippen molar-refractivity contribution in [3.05, 3.63) is 29.8 Å². The Morgan fingerprint density at radius 1 is 1.54 bits per heavy atom. The molecule has 0 spiro atoms. The summed E-state index contributed by atoms with van der Waals surface area (Å²) in [6.07, 6.45) is 0. The molecule has 4 nitrogen and oxygen atoms in total. The first-order valence-electron chi connectivity index (χ1n) is 3.73. The van der Waals surface area contributed by atoms with Crippen molar-refractivity contribution < 1.29 is 0 Å². The molecule has 0 aliphatic heterocycles. The summed E-state index contributed by atoms with van der Waals surface area (Å²) in [5, 5.41) is 16.0. The normalized spacial score (nSPS) is 8.92. The number of para-hydroxylation sites is 1. The smallest absolute Gasteiger partial charge is 0.192 e. The molecule has 0 heterocycles. The molecule has 1 rings (SSSR count). The summed E-state index contributed by atoms with van der Waals surface area (Å²) in [6.45, 7) is 0. The maximum absolute atomic E-state index is 8.76. The second kappa shape index (κ2) is 3.59. The molecular weight excluding hydrogens is 164 g/mol. The molecule has 4 heteroatoms. The van der Waals surface area contributed by atoms with Gasteiger partial charge < -0.3 is 10.6 Å². The van der Waals surface area contributed by atoms with Crippen molar-refractivity contribution in [1.82, 2.24) is 0 Å². The third-order valence-electron chi connectivity index (χ3n) is 1.75. The van der Waals surface area contributed by atoms with Crippen molar-refractivity contribution in [2.75, 3.05) is 11.9 Å². The zero-order valence-electron chi connectivity index (χ0n) is 7.28. The van der Waals surface area contributed by atoms with Crippen molar-refractivity contribution in [2.24, 2.45) is 5.73 Å². The van der Waals surface area contributed by atoms with E-state index in [0.29, 0.717) is 11.3 Å². The van der Waals surface area contributed by atoms with Gasteiger partial charge in [0.15, 0.2) is 5.96 Å². The molecule has 0 bridgehead atoms. The number of anilines is 1. The molecule has 1 aromatic rings. The van der Waals surface area contributed by atoms with Gasteiger partial charge in [0, 0.05) is 7.05 Å². The minimum Gasteiger partial charge on any atom is -0.370 e. The van der Waals surface area contributed by atoms with Gasteiger partial charge in [-0.3, -0.25) is 5.41 Å². The lowest BCUT2D eigenvalue weighted by Crippen LogP contribution is -2.33. The van der Waals surface area contributed by atoms with Crippen molar-refractivity contribution in [3.63, 3.8) is 0 Å². The molecule has 0 aliphatic carbocycles. The van der Waals surface area contributed by atoms with Crippen molar-refractivity contribution >= 4 is 11.6 Å². The fourth-order valence-corrected chi connectivity index (χ4v) is 0.990. The number of nitrogens with zero attached hydrogens (tertiary/aromatic N) is 2. The average Bonchev–Trinajstić information content (AvgIpc) is 2.16. The van der Waals surface area contributed by atoms with E-state index in [1.54, 1.807) is 31.3 Å². The fraction of sp³-hybridized carbons (Fsp3) is 0.111. The molecule has 3 N–H and O–H groups in total. The third kappa shape index (κ3) is 1.76. The summed E-state index contributed by atoms with van der Waals surface area (Å²) in [4.78, 5) is 1.46. The Morgan fingerprint density at radius 2 is 2.15 bits per heavy atom. The Morgan fingerprint density at radius 3 is 2.69 bits per heavy atom. The molecule has 0 fully saturated rings. The van der Waals surface area contributed by atoms with Gasteiger partial charge >= 0.3 is 0 Å². The molecule has 1 aromatic carbocycles. The van der Waals surface area contributed by atoms with Gasteiger partial charge in [-0.15, -0.1) is 0 Å². The van der Waals surface area contributed by atoms with Crippen LogP contribution in [0.2, 0.25) is 0 Å². The highest BCUT2D eigenvalue weighted by Crippen LogP contribution is 2.16. The summed E-state index contributed by atoms with van der Waals surface area (Å²) < 4.78 is 0. The van der Waals surface area contributed by atoms with E-state index in [4.69, 9.17) is 16.4 Å². The van der Waals surface area contributed by atoms with Crippen LogP contribution in [0.4, 0.5) is 5.69 Å². The molecule has 0 amide bonds. The van der Waals surface area contributed by atoms with Crippen LogP contribution in [-0.4, -0.2) is 13.0 Å². The van der Waals surface area contributed by atoms with Crippen molar-refractivity contribution in [1.29, 1.82) is 10.7 Å². The molecule has 0 aliphatic rings. The molecule has 0 unspecified atom stereocenters. The predicted octanol–water partition coefficient (Wildman–Crippen LogP) is 0.888. The van der Waals surface area contributed by atoms with Gasteiger partial charge in [0.05, 0.1) is 11.3 Å². The maximum Gasteiger partial charge on any atom is 0.192 e. The number of rotatable bonds is 1. The molecular formula is C9H10N4. The second-order valence-corrected chi connectivity index (χ2v) is 2.57. The minimum atomic E-state index is -0.0808. The van der Waals surface area contributed by atoms with E-state index in [9.17, 15) is 0 Å². The average molecular weight is 174 g/mol. The zero-order chi connectivity index (χ0) is 9.84. The van der Waals surface area contributed by atoms with E-state index < -0.39 is 0 Å². The van der Waals surface area contributed by atoms with Crippen LogP contribution in [0.15, 0.2) is 24.3 Å². The van der Waals surface area contributed by atoms with Gasteiger partial charge in [0.2, 0.25) is 0 Å². The summed E-state index contributed by atoms with van der Waals surface area (Å²) in [6, 6.07) is 9.05. The quantitative estimate of drug-likeness (QED) is 0.490. The third-order valence-corrected chi connectivity index (χ3v) is 1.75. The Kier molecular flexibility index (Phi) is 2.50. The minimum absolute atomic E-state index is 0.0808. The fourth-order valence-electron chi connectivity index (χ4n) is 0.990. The number of hydrogen-bond acceptors (Lipinski definition) is 2. The largest absolute Gasteiger partial charge is 0.370 e. The number of hydrogen-bond donors (Lipinski definition) is 2. The molecule has 13 heavy (non-hydrogen) atoms. The second-order valence-electron chi connectivity index (χ2n) is 2.57. The van der Waals surface area contributed by atoms with Crippen molar-refractivity contribution in [3.8, 4) is 6.07 Å². The number of guanidine groups is 1. The molecule has 0 radical (unpaired) electrons. The lowest BCUT2D eigenvalue weighted by atomic mass is 10.2. The topological polar surface area (TPSA) is 76.9 Å². The maximum atomic E-state index is 8.76. The number of nitrogens with one attached hydrogen (secondary N) is 1. The highest BCUT2D eigenvalue weighted by molar-refractivity contribution is 5.93. The van der Waals surface area contributed by atoms with Crippen LogP contribution in [0.1, 0.15) is 5.56 Å². The van der Waals surface area contributed by atoms with Crippen LogP contribution in [0.3, 0.4) is 0 Å². The number of nitrogens with two attached hydrogens (primary N) is 1. The van der Waals surface area contributed by atoms with E-state index in [0.717, 1.165) is 0 Å². The van der Waals surface area contributed by atoms with Gasteiger partial charge in [-0.2, -0.15) is 5.26 Å². The Hall–Kier alpha value is -2.02. The molecule has 0 saturated carbocycles. The lowest BCUT2D eigenvalue weighted by Gasteiger charge is -2.17. The van der Waals surface area contributed by atoms with Gasteiger partial charge in [-0.25, -0.2) is 0 Å². The Bertz CT molecular complexity index is 364. The van der Waals surface area contributed by atoms with Crippen LogP contribution in [0, 0.1) is 16.7 Å². The first-order chi connectivity index (χ1) is 6.16. The van der Waals surface area contributed by atoms with Crippen LogP contribution in [-0.2, 0) is 0 Å². The highest BCUT2D eigenvalue weighted by Gasteiger charge is 2.07. The lowest BCUT2D eigenvalue weighted by molar-refractivity contribution is 1.19. The molecule has 66 valence electrons. The van der Waals surface area contributed by atoms with E-state index in [2.05, 4.69) is 0 Å². The van der Waals surface area contributed by atoms with Gasteiger partial charge in [0.25, 0.3) is 0 Å². The van der Waals surface area contributed by atoms with Crippen LogP contribution >= 0.6 is 0 Å². The Labute approximate surface area is 76.7 Å². The summed E-state index contributed by atoms with van der Waals surface area (Å²) in [7, 11) is 1.65. The van der Waals surface area contributed by atoms with Crippen molar-refractivity contribution in [2.45, 2.75) is 0 Å². The first kappa shape index (κ1) is 9.07. The number of benzene rings is 1. The standard InChI is InChI=1S/C9H10N4/c1-13(9(11)12)8-5-3-2-4-7(8)6-10/h2-5H,1H3,(H3,11,12). The monoisotopic (exact) mass is 174 g/mol. The van der Waals surface area contributed by atoms with Gasteiger partial charge in [0.1, 0.15) is 6.07 Å². The molecule has 0 saturated heterocycles. The van der Waals surface area contributed by atoms with Crippen LogP contribution in [0.5, 0.6) is 0 Å². The summed E-state index contributed by atoms with van der Waals surface area (Å²) in [5.41, 5.74) is 6.46. The highest BCUT2D eigenvalue weighted by atomic mass is 15.2. The van der Waals surface area contributed by atoms with Crippen LogP contribution in [0.25, 0.3) is 0 Å². The SMILES string of the molecule is CN(C(=N)N)c1ccccc1C#N. The van der Waals surface area contributed by atoms with E-state index in [-0.39, 0.29) is 5.96 Å². The zero-order valence-corrected chi connectivity index (χ0v) is 7.28. The van der Waals surface area contributed by atoms with E-state index >= 15 is 0 Å². The summed E-state index contributed by atoms with van der Waals surface area (Å²) in [5.74, 6) is -0.0808. The van der Waals surface area contributed by atoms with Gasteiger partial charge in [-0.05, 0) is 12.1 Å². The first-order valence-corrected chi connectivity index (χ1v) is 3.73. The van der Waals surface area contributed by atoms with E-state index in [1.807, 2.05) is 6.07 Å². The Balaban J connectivity index is 3.15.